The zero-order chi connectivity index (χ0) is 7.07. The molecule has 1 aromatic rings. The van der Waals surface area contributed by atoms with Gasteiger partial charge in [-0.25, -0.2) is 9.78 Å². The van der Waals surface area contributed by atoms with Gasteiger partial charge in [-0.15, -0.1) is 0 Å². The van der Waals surface area contributed by atoms with Gasteiger partial charge in [-0.3, -0.25) is 4.98 Å². The average molecular weight is 139 g/mol. The van der Waals surface area contributed by atoms with Crippen LogP contribution in [-0.2, 0) is 9.78 Å². The third-order valence-corrected chi connectivity index (χ3v) is 0.900. The van der Waals surface area contributed by atoms with E-state index in [1.165, 1.54) is 0 Å². The maximum atomic E-state index is 4.22. The Morgan fingerprint density at radius 1 is 0.900 bits per heavy atom. The van der Waals surface area contributed by atoms with Crippen LogP contribution in [0, 0.1) is 0 Å². The first-order valence-corrected chi connectivity index (χ1v) is 3.09. The van der Waals surface area contributed by atoms with Crippen molar-refractivity contribution in [2.45, 2.75) is 0 Å². The number of hydrogen-bond acceptors (Lipinski definition) is 3. The van der Waals surface area contributed by atoms with Crippen LogP contribution in [0.3, 0.4) is 0 Å². The normalized spacial score (nSPS) is 14.4. The van der Waals surface area contributed by atoms with Crippen LogP contribution in [0.5, 0.6) is 0 Å². The zero-order valence-electron chi connectivity index (χ0n) is 5.56. The highest BCUT2D eigenvalue weighted by Gasteiger charge is 1.95. The average Bonchev–Trinajstić information content (AvgIpc) is 1.88. The summed E-state index contributed by atoms with van der Waals surface area (Å²) in [4.78, 5) is 12.2. The minimum atomic E-state index is 0.778. The Labute approximate surface area is 59.5 Å². The van der Waals surface area contributed by atoms with E-state index in [0.29, 0.717) is 0 Å². The molecule has 0 aromatic carbocycles. The molecule has 1 aliphatic heterocycles. The minimum Gasteiger partial charge on any atom is -0.265 e. The van der Waals surface area contributed by atoms with Crippen molar-refractivity contribution in [2.24, 2.45) is 0 Å². The smallest absolute Gasteiger partial charge is 0.109 e. The molecule has 54 valence electrons. The second kappa shape index (κ2) is 4.90. The number of aromatic nitrogens is 1. The van der Waals surface area contributed by atoms with E-state index in [0.717, 1.165) is 13.2 Å². The Morgan fingerprint density at radius 2 is 1.40 bits per heavy atom. The fourth-order valence-electron chi connectivity index (χ4n) is 0.396. The molecule has 1 aromatic heterocycles. The molecule has 0 spiro atoms. The van der Waals surface area contributed by atoms with Gasteiger partial charge in [-0.2, -0.15) is 0 Å². The lowest BCUT2D eigenvalue weighted by molar-refractivity contribution is -0.382. The maximum absolute atomic E-state index is 4.22. The van der Waals surface area contributed by atoms with Gasteiger partial charge >= 0.3 is 0 Å². The molecule has 3 nitrogen and oxygen atoms in total. The van der Waals surface area contributed by atoms with Crippen molar-refractivity contribution in [3.05, 3.63) is 30.6 Å². The lowest BCUT2D eigenvalue weighted by Gasteiger charge is -2.08. The van der Waals surface area contributed by atoms with Crippen molar-refractivity contribution in [3.8, 4) is 0 Å². The molecule has 1 saturated heterocycles. The molecule has 0 atom stereocenters. The first-order valence-electron chi connectivity index (χ1n) is 3.09. The summed E-state index contributed by atoms with van der Waals surface area (Å²) < 4.78 is 0. The van der Waals surface area contributed by atoms with Gasteiger partial charge in [-0.1, -0.05) is 6.07 Å². The van der Waals surface area contributed by atoms with Crippen molar-refractivity contribution >= 4 is 0 Å². The first-order chi connectivity index (χ1) is 5.00. The van der Waals surface area contributed by atoms with Gasteiger partial charge in [0.05, 0.1) is 0 Å². The van der Waals surface area contributed by atoms with E-state index >= 15 is 0 Å². The van der Waals surface area contributed by atoms with E-state index in [1.807, 2.05) is 18.2 Å². The molecule has 2 rings (SSSR count). The van der Waals surface area contributed by atoms with Gasteiger partial charge < -0.3 is 0 Å². The molecular formula is C7H9NO2. The summed E-state index contributed by atoms with van der Waals surface area (Å²) in [5.41, 5.74) is 0. The molecule has 0 bridgehead atoms. The molecule has 0 radical (unpaired) electrons. The summed E-state index contributed by atoms with van der Waals surface area (Å²) in [6.45, 7) is 1.56. The fraction of sp³-hybridized carbons (Fsp3) is 0.286. The highest BCUT2D eigenvalue weighted by atomic mass is 17.2. The molecule has 0 aliphatic carbocycles. The summed E-state index contributed by atoms with van der Waals surface area (Å²) in [7, 11) is 0. The Morgan fingerprint density at radius 3 is 1.50 bits per heavy atom. The van der Waals surface area contributed by atoms with Crippen molar-refractivity contribution in [1.82, 2.24) is 4.98 Å². The van der Waals surface area contributed by atoms with Gasteiger partial charge in [0.15, 0.2) is 0 Å². The molecule has 0 unspecified atom stereocenters. The number of pyridine rings is 1. The van der Waals surface area contributed by atoms with E-state index in [9.17, 15) is 0 Å². The van der Waals surface area contributed by atoms with Crippen LogP contribution < -0.4 is 0 Å². The van der Waals surface area contributed by atoms with E-state index in [-0.39, 0.29) is 0 Å². The molecule has 2 heterocycles. The predicted molar refractivity (Wildman–Crippen MR) is 36.1 cm³/mol. The lowest BCUT2D eigenvalue weighted by Crippen LogP contribution is -2.14. The molecule has 1 aliphatic rings. The van der Waals surface area contributed by atoms with E-state index in [4.69, 9.17) is 0 Å². The van der Waals surface area contributed by atoms with Crippen LogP contribution in [-0.4, -0.2) is 18.2 Å². The largest absolute Gasteiger partial charge is 0.265 e. The summed E-state index contributed by atoms with van der Waals surface area (Å²) in [5.74, 6) is 0. The predicted octanol–water partition coefficient (Wildman–Crippen LogP) is 1.03. The highest BCUT2D eigenvalue weighted by molar-refractivity contribution is 4.88. The van der Waals surface area contributed by atoms with E-state index in [2.05, 4.69) is 14.8 Å². The van der Waals surface area contributed by atoms with Crippen LogP contribution in [0.4, 0.5) is 0 Å². The van der Waals surface area contributed by atoms with Gasteiger partial charge in [0.1, 0.15) is 13.2 Å². The number of hydrogen-bond donors (Lipinski definition) is 0. The Hall–Kier alpha value is -0.930. The van der Waals surface area contributed by atoms with Crippen molar-refractivity contribution < 1.29 is 9.78 Å². The topological polar surface area (TPSA) is 31.4 Å². The second-order valence-electron chi connectivity index (χ2n) is 1.67. The molecule has 0 saturated carbocycles. The molecule has 0 N–H and O–H groups in total. The summed E-state index contributed by atoms with van der Waals surface area (Å²) in [6.07, 6.45) is 3.50. The van der Waals surface area contributed by atoms with Gasteiger partial charge in [0.25, 0.3) is 0 Å². The Balaban J connectivity index is 0.000000108. The monoisotopic (exact) mass is 139 g/mol. The first kappa shape index (κ1) is 7.18. The number of nitrogens with zero attached hydrogens (tertiary/aromatic N) is 1. The summed E-state index contributed by atoms with van der Waals surface area (Å²) >= 11 is 0. The van der Waals surface area contributed by atoms with Crippen LogP contribution in [0.25, 0.3) is 0 Å². The van der Waals surface area contributed by atoms with Crippen molar-refractivity contribution in [1.29, 1.82) is 0 Å². The van der Waals surface area contributed by atoms with Crippen molar-refractivity contribution in [2.75, 3.05) is 13.2 Å². The highest BCUT2D eigenvalue weighted by Crippen LogP contribution is 1.87. The maximum Gasteiger partial charge on any atom is 0.109 e. The molecule has 3 heteroatoms. The standard InChI is InChI=1S/C5H5N.C2H4O2/c1-2-4-6-5-3-1;1-2-4-3-1/h1-5H;1-2H2. The fourth-order valence-corrected chi connectivity index (χ4v) is 0.396. The molecular weight excluding hydrogens is 130 g/mol. The molecule has 0 amide bonds. The van der Waals surface area contributed by atoms with Crippen molar-refractivity contribution in [3.63, 3.8) is 0 Å². The SMILES string of the molecule is C1COO1.c1ccncc1. The van der Waals surface area contributed by atoms with Gasteiger partial charge in [0, 0.05) is 12.4 Å². The van der Waals surface area contributed by atoms with Gasteiger partial charge in [-0.05, 0) is 12.1 Å². The molecule has 10 heavy (non-hydrogen) atoms. The quantitative estimate of drug-likeness (QED) is 0.503. The minimum absolute atomic E-state index is 0.778. The lowest BCUT2D eigenvalue weighted by atomic mass is 10.5. The summed E-state index contributed by atoms with van der Waals surface area (Å²) in [6, 6.07) is 5.72. The van der Waals surface area contributed by atoms with Crippen LogP contribution in [0.1, 0.15) is 0 Å². The summed E-state index contributed by atoms with van der Waals surface area (Å²) in [5, 5.41) is 0. The van der Waals surface area contributed by atoms with Gasteiger partial charge in [0.2, 0.25) is 0 Å². The Kier molecular flexibility index (Phi) is 3.52. The Bertz CT molecular complexity index is 120. The van der Waals surface area contributed by atoms with Crippen LogP contribution in [0.15, 0.2) is 30.6 Å². The van der Waals surface area contributed by atoms with E-state index in [1.54, 1.807) is 12.4 Å². The molecule has 1 fully saturated rings. The zero-order valence-corrected chi connectivity index (χ0v) is 5.56. The van der Waals surface area contributed by atoms with Crippen LogP contribution in [0.2, 0.25) is 0 Å². The number of rotatable bonds is 0. The second-order valence-corrected chi connectivity index (χ2v) is 1.67. The van der Waals surface area contributed by atoms with Crippen LogP contribution >= 0.6 is 0 Å². The third kappa shape index (κ3) is 3.17. The van der Waals surface area contributed by atoms with E-state index < -0.39 is 0 Å². The third-order valence-electron chi connectivity index (χ3n) is 0.900.